The smallest absolute Gasteiger partial charge is 0.266 e. The van der Waals surface area contributed by atoms with Gasteiger partial charge in [-0.2, -0.15) is 5.10 Å². The first kappa shape index (κ1) is 15.4. The maximum atomic E-state index is 12.2. The highest BCUT2D eigenvalue weighted by Gasteiger charge is 2.21. The summed E-state index contributed by atoms with van der Waals surface area (Å²) in [6, 6.07) is 4.11. The molecule has 0 saturated heterocycles. The van der Waals surface area contributed by atoms with Crippen molar-refractivity contribution in [3.8, 4) is 0 Å². The minimum atomic E-state index is -0.0992. The number of rotatable bonds is 4. The van der Waals surface area contributed by atoms with E-state index < -0.39 is 0 Å². The molecule has 1 amide bonds. The summed E-state index contributed by atoms with van der Waals surface area (Å²) < 4.78 is 0. The molecule has 2 aromatic heterocycles. The summed E-state index contributed by atoms with van der Waals surface area (Å²) in [5.74, 6) is 0.677. The molecule has 3 rings (SSSR count). The van der Waals surface area contributed by atoms with Crippen molar-refractivity contribution in [1.29, 1.82) is 0 Å². The average molecular weight is 332 g/mol. The van der Waals surface area contributed by atoms with Crippen LogP contribution in [-0.2, 0) is 12.8 Å². The largest absolute Gasteiger partial charge is 0.281 e. The van der Waals surface area contributed by atoms with Gasteiger partial charge in [0.25, 0.3) is 5.91 Å². The summed E-state index contributed by atoms with van der Waals surface area (Å²) >= 11 is 3.25. The van der Waals surface area contributed by atoms with E-state index in [9.17, 15) is 4.79 Å². The molecule has 0 radical (unpaired) electrons. The Bertz CT molecular complexity index is 699. The number of carbonyl (C=O) groups is 1. The number of hydrogen-bond acceptors (Lipinski definition) is 4. The van der Waals surface area contributed by atoms with Gasteiger partial charge in [0, 0.05) is 9.75 Å². The second kappa shape index (κ2) is 6.75. The molecule has 5 heteroatoms. The van der Waals surface area contributed by atoms with Crippen molar-refractivity contribution in [2.75, 3.05) is 0 Å². The quantitative estimate of drug-likeness (QED) is 0.654. The average Bonchev–Trinajstić information content (AvgIpc) is 3.12. The molecule has 3 nitrogen and oxygen atoms in total. The zero-order valence-corrected chi connectivity index (χ0v) is 14.5. The molecule has 0 bridgehead atoms. The highest BCUT2D eigenvalue weighted by molar-refractivity contribution is 7.14. The van der Waals surface area contributed by atoms with Gasteiger partial charge in [0.15, 0.2) is 0 Å². The fraction of sp³-hybridized carbons (Fsp3) is 0.412. The Kier molecular flexibility index (Phi) is 4.74. The number of fused-ring (bicyclic) bond motifs is 1. The van der Waals surface area contributed by atoms with Crippen molar-refractivity contribution >= 4 is 34.8 Å². The first-order valence-corrected chi connectivity index (χ1v) is 9.36. The van der Waals surface area contributed by atoms with Crippen LogP contribution >= 0.6 is 22.7 Å². The molecule has 1 N–H and O–H groups in total. The van der Waals surface area contributed by atoms with Crippen LogP contribution in [0.3, 0.4) is 0 Å². The molecular weight excluding hydrogens is 312 g/mol. The van der Waals surface area contributed by atoms with Crippen LogP contribution in [0.15, 0.2) is 22.6 Å². The lowest BCUT2D eigenvalue weighted by Gasteiger charge is -2.19. The molecule has 0 unspecified atom stereocenters. The van der Waals surface area contributed by atoms with Crippen LogP contribution in [0, 0.1) is 12.8 Å². The molecule has 2 aromatic rings. The van der Waals surface area contributed by atoms with Gasteiger partial charge in [-0.15, -0.1) is 22.7 Å². The molecule has 1 atom stereocenters. The van der Waals surface area contributed by atoms with Crippen LogP contribution in [0.5, 0.6) is 0 Å². The van der Waals surface area contributed by atoms with Crippen LogP contribution in [-0.4, -0.2) is 12.1 Å². The second-order valence-corrected chi connectivity index (χ2v) is 7.83. The maximum absolute atomic E-state index is 12.2. The molecule has 1 aliphatic carbocycles. The molecule has 116 valence electrons. The Morgan fingerprint density at radius 2 is 2.41 bits per heavy atom. The summed E-state index contributed by atoms with van der Waals surface area (Å²) in [5, 5.41) is 6.10. The number of aryl methyl sites for hydroxylation is 2. The van der Waals surface area contributed by atoms with E-state index in [4.69, 9.17) is 0 Å². The normalized spacial score (nSPS) is 17.6. The predicted octanol–water partition coefficient (Wildman–Crippen LogP) is 4.40. The highest BCUT2D eigenvalue weighted by Crippen LogP contribution is 2.33. The van der Waals surface area contributed by atoms with Gasteiger partial charge in [-0.1, -0.05) is 13.3 Å². The van der Waals surface area contributed by atoms with Gasteiger partial charge in [0.2, 0.25) is 0 Å². The number of hydrazone groups is 1. The van der Waals surface area contributed by atoms with Gasteiger partial charge in [0.05, 0.1) is 11.1 Å². The van der Waals surface area contributed by atoms with E-state index in [-0.39, 0.29) is 5.91 Å². The Balaban J connectivity index is 1.65. The number of thiophene rings is 2. The van der Waals surface area contributed by atoms with Gasteiger partial charge in [0.1, 0.15) is 0 Å². The number of amides is 1. The van der Waals surface area contributed by atoms with Gasteiger partial charge < -0.3 is 0 Å². The minimum absolute atomic E-state index is 0.0992. The molecule has 0 spiro atoms. The van der Waals surface area contributed by atoms with Gasteiger partial charge in [-0.05, 0) is 60.7 Å². The summed E-state index contributed by atoms with van der Waals surface area (Å²) in [7, 11) is 0. The minimum Gasteiger partial charge on any atom is -0.266 e. The Morgan fingerprint density at radius 3 is 3.14 bits per heavy atom. The molecule has 0 aliphatic heterocycles. The van der Waals surface area contributed by atoms with Crippen molar-refractivity contribution in [2.24, 2.45) is 11.0 Å². The van der Waals surface area contributed by atoms with E-state index in [1.165, 1.54) is 28.8 Å². The molecule has 2 heterocycles. The lowest BCUT2D eigenvalue weighted by atomic mass is 9.87. The number of nitrogens with one attached hydrogen (secondary N) is 1. The van der Waals surface area contributed by atoms with E-state index in [1.807, 2.05) is 18.4 Å². The molecular formula is C17H20N2OS2. The van der Waals surface area contributed by atoms with Gasteiger partial charge in [-0.3, -0.25) is 4.79 Å². The summed E-state index contributed by atoms with van der Waals surface area (Å²) in [6.07, 6.45) is 6.43. The van der Waals surface area contributed by atoms with Crippen molar-refractivity contribution < 1.29 is 4.79 Å². The van der Waals surface area contributed by atoms with Crippen molar-refractivity contribution in [2.45, 2.75) is 39.5 Å². The monoisotopic (exact) mass is 332 g/mol. The van der Waals surface area contributed by atoms with E-state index in [1.54, 1.807) is 28.9 Å². The van der Waals surface area contributed by atoms with E-state index in [0.717, 1.165) is 28.5 Å². The molecule has 0 aromatic carbocycles. The summed E-state index contributed by atoms with van der Waals surface area (Å²) in [5.41, 5.74) is 5.19. The van der Waals surface area contributed by atoms with Crippen molar-refractivity contribution in [3.05, 3.63) is 43.3 Å². The fourth-order valence-electron chi connectivity index (χ4n) is 2.78. The lowest BCUT2D eigenvalue weighted by Crippen LogP contribution is -2.16. The van der Waals surface area contributed by atoms with Crippen LogP contribution in [0.1, 0.15) is 50.3 Å². The van der Waals surface area contributed by atoms with Crippen LogP contribution in [0.25, 0.3) is 0 Å². The van der Waals surface area contributed by atoms with E-state index in [2.05, 4.69) is 23.5 Å². The van der Waals surface area contributed by atoms with Crippen molar-refractivity contribution in [1.82, 2.24) is 5.43 Å². The zero-order valence-electron chi connectivity index (χ0n) is 12.9. The Labute approximate surface area is 139 Å². The van der Waals surface area contributed by atoms with Crippen LogP contribution in [0.4, 0.5) is 0 Å². The molecule has 0 saturated carbocycles. The Hall–Kier alpha value is -1.46. The SMILES string of the molecule is CC[C@@H]1CCc2sc(C(=O)N/N=C\c3sccc3C)cc2C1. The standard InChI is InChI=1S/C17H20N2OS2/c1-3-12-4-5-14-13(8-12)9-15(22-14)17(20)19-18-10-16-11(2)6-7-21-16/h6-7,9-10,12H,3-5,8H2,1-2H3,(H,19,20)/b18-10-/t12-/m1/s1. The van der Waals surface area contributed by atoms with Crippen LogP contribution < -0.4 is 5.43 Å². The topological polar surface area (TPSA) is 41.5 Å². The number of hydrogen-bond donors (Lipinski definition) is 1. The molecule has 22 heavy (non-hydrogen) atoms. The summed E-state index contributed by atoms with van der Waals surface area (Å²) in [4.78, 5) is 15.5. The van der Waals surface area contributed by atoms with E-state index in [0.29, 0.717) is 0 Å². The third kappa shape index (κ3) is 3.31. The zero-order chi connectivity index (χ0) is 15.5. The fourth-order valence-corrected chi connectivity index (χ4v) is 4.67. The first-order valence-electron chi connectivity index (χ1n) is 7.66. The van der Waals surface area contributed by atoms with Gasteiger partial charge in [-0.25, -0.2) is 5.43 Å². The third-order valence-electron chi connectivity index (χ3n) is 4.24. The number of carbonyl (C=O) groups excluding carboxylic acids is 1. The number of nitrogens with zero attached hydrogens (tertiary/aromatic N) is 1. The van der Waals surface area contributed by atoms with Crippen molar-refractivity contribution in [3.63, 3.8) is 0 Å². The molecule has 0 fully saturated rings. The van der Waals surface area contributed by atoms with Gasteiger partial charge >= 0.3 is 0 Å². The van der Waals surface area contributed by atoms with Crippen LogP contribution in [0.2, 0.25) is 0 Å². The predicted molar refractivity (Wildman–Crippen MR) is 94.2 cm³/mol. The first-order chi connectivity index (χ1) is 10.7. The second-order valence-electron chi connectivity index (χ2n) is 5.74. The Morgan fingerprint density at radius 1 is 1.55 bits per heavy atom. The maximum Gasteiger partial charge on any atom is 0.281 e. The van der Waals surface area contributed by atoms with E-state index >= 15 is 0 Å². The molecule has 1 aliphatic rings. The lowest BCUT2D eigenvalue weighted by molar-refractivity contribution is 0.0959. The third-order valence-corrected chi connectivity index (χ3v) is 6.42. The summed E-state index contributed by atoms with van der Waals surface area (Å²) in [6.45, 7) is 4.29. The highest BCUT2D eigenvalue weighted by atomic mass is 32.1.